The molecule has 14 heteroatoms. The minimum atomic E-state index is -4.35. The Labute approximate surface area is 249 Å². The van der Waals surface area contributed by atoms with E-state index in [0.717, 1.165) is 22.5 Å². The molecule has 0 radical (unpaired) electrons. The number of nitrogens with one attached hydrogen (secondary N) is 2. The Balaban J connectivity index is 1.72. The predicted molar refractivity (Wildman–Crippen MR) is 161 cm³/mol. The van der Waals surface area contributed by atoms with Gasteiger partial charge >= 0.3 is 13.7 Å². The molecule has 42 heavy (non-hydrogen) atoms. The van der Waals surface area contributed by atoms with Gasteiger partial charge in [-0.25, -0.2) is 4.79 Å². The number of carbonyl (C=O) groups excluding carboxylic acids is 4. The van der Waals surface area contributed by atoms with Crippen molar-refractivity contribution in [2.45, 2.75) is 51.1 Å². The van der Waals surface area contributed by atoms with Crippen LogP contribution in [0.1, 0.15) is 44.6 Å². The summed E-state index contributed by atoms with van der Waals surface area (Å²) in [6.07, 6.45) is 0.857. The zero-order chi connectivity index (χ0) is 30.9. The van der Waals surface area contributed by atoms with Gasteiger partial charge in [-0.05, 0) is 41.5 Å². The smallest absolute Gasteiger partial charge is 0.407 e. The Hall–Kier alpha value is -3.12. The third-order valence-corrected chi connectivity index (χ3v) is 9.41. The van der Waals surface area contributed by atoms with E-state index in [-0.39, 0.29) is 31.4 Å². The van der Waals surface area contributed by atoms with Gasteiger partial charge < -0.3 is 35.8 Å². The number of benzene rings is 2. The van der Waals surface area contributed by atoms with Crippen molar-refractivity contribution >= 4 is 53.9 Å². The minimum absolute atomic E-state index is 0.0583. The van der Waals surface area contributed by atoms with Crippen LogP contribution in [0.15, 0.2) is 42.5 Å². The van der Waals surface area contributed by atoms with Gasteiger partial charge in [0.1, 0.15) is 12.1 Å². The number of alkyl carbamates (subject to hydrolysis) is 1. The zero-order valence-electron chi connectivity index (χ0n) is 23.7. The van der Waals surface area contributed by atoms with Crippen LogP contribution < -0.4 is 16.4 Å². The number of hydrogen-bond donors (Lipinski definition) is 5. The number of thioether (sulfide) groups is 1. The first kappa shape index (κ1) is 33.4. The van der Waals surface area contributed by atoms with Gasteiger partial charge in [0.15, 0.2) is 0 Å². The second-order valence-corrected chi connectivity index (χ2v) is 13.8. The number of rotatable bonds is 13. The molecule has 1 aliphatic heterocycles. The largest absolute Gasteiger partial charge is 0.449 e. The molecule has 3 atom stereocenters. The highest BCUT2D eigenvalue weighted by Crippen LogP contribution is 2.38. The van der Waals surface area contributed by atoms with Crippen LogP contribution in [0, 0.1) is 5.92 Å². The summed E-state index contributed by atoms with van der Waals surface area (Å²) < 4.78 is 16.5. The molecule has 1 heterocycles. The fourth-order valence-electron chi connectivity index (χ4n) is 4.69. The van der Waals surface area contributed by atoms with Crippen LogP contribution >= 0.6 is 19.4 Å². The number of primary amides is 1. The zero-order valence-corrected chi connectivity index (χ0v) is 25.4. The molecule has 0 spiro atoms. The first-order valence-electron chi connectivity index (χ1n) is 13.8. The van der Waals surface area contributed by atoms with Crippen LogP contribution in [0.4, 0.5) is 4.79 Å². The summed E-state index contributed by atoms with van der Waals surface area (Å²) in [6.45, 7) is 4.02. The van der Waals surface area contributed by atoms with Crippen LogP contribution in [0.25, 0.3) is 10.8 Å². The normalized spacial score (nSPS) is 17.0. The SMILES string of the molecule is CC(C)COC(=O)NC(CSCP(=O)(O)O)C(=O)N1CCCCC1C(=O)NCC(C(N)=O)c1ccc2ccccc2c1. The fourth-order valence-corrected chi connectivity index (χ4v) is 6.52. The van der Waals surface area contributed by atoms with E-state index < -0.39 is 54.9 Å². The Morgan fingerprint density at radius 2 is 1.83 bits per heavy atom. The van der Waals surface area contributed by atoms with E-state index >= 15 is 0 Å². The quantitative estimate of drug-likeness (QED) is 0.209. The maximum absolute atomic E-state index is 13.6. The number of nitrogens with zero attached hydrogens (tertiary/aromatic N) is 1. The molecule has 1 fully saturated rings. The van der Waals surface area contributed by atoms with Crippen molar-refractivity contribution < 1.29 is 38.3 Å². The summed E-state index contributed by atoms with van der Waals surface area (Å²) in [6, 6.07) is 11.2. The number of nitrogens with two attached hydrogens (primary N) is 1. The number of fused-ring (bicyclic) bond motifs is 1. The van der Waals surface area contributed by atoms with E-state index in [0.29, 0.717) is 24.8 Å². The van der Waals surface area contributed by atoms with Crippen molar-refractivity contribution in [1.82, 2.24) is 15.5 Å². The topological polar surface area (TPSA) is 188 Å². The van der Waals surface area contributed by atoms with Crippen molar-refractivity contribution in [2.75, 3.05) is 30.9 Å². The standard InChI is InChI=1S/C28H39N4O8PS/c1-18(2)15-40-28(36)31-23(16-42-17-41(37,38)39)27(35)32-12-6-5-9-24(32)26(34)30-14-22(25(29)33)21-11-10-19-7-3-4-8-20(19)13-21/h3-4,7-8,10-11,13,18,22-24H,5-6,9,12,14-17H2,1-2H3,(H2,29,33)(H,30,34)(H,31,36)(H2,37,38,39). The highest BCUT2D eigenvalue weighted by Gasteiger charge is 2.37. The molecule has 12 nitrogen and oxygen atoms in total. The average molecular weight is 623 g/mol. The summed E-state index contributed by atoms with van der Waals surface area (Å²) in [5, 5.41) is 7.21. The molecule has 6 N–H and O–H groups in total. The molecule has 0 bridgehead atoms. The lowest BCUT2D eigenvalue weighted by Crippen LogP contribution is -2.58. The molecule has 4 amide bonds. The van der Waals surface area contributed by atoms with Crippen molar-refractivity contribution in [1.29, 1.82) is 0 Å². The molecule has 2 aromatic rings. The van der Waals surface area contributed by atoms with E-state index in [2.05, 4.69) is 10.6 Å². The van der Waals surface area contributed by atoms with E-state index in [1.807, 2.05) is 50.2 Å². The number of likely N-dealkylation sites (tertiary alicyclic amines) is 1. The molecular weight excluding hydrogens is 583 g/mol. The molecular formula is C28H39N4O8PS. The Bertz CT molecular complexity index is 1320. The lowest BCUT2D eigenvalue weighted by molar-refractivity contribution is -0.143. The monoisotopic (exact) mass is 622 g/mol. The van der Waals surface area contributed by atoms with E-state index in [1.165, 1.54) is 4.90 Å². The van der Waals surface area contributed by atoms with E-state index in [4.69, 9.17) is 10.5 Å². The fraction of sp³-hybridized carbons (Fsp3) is 0.500. The highest BCUT2D eigenvalue weighted by molar-refractivity contribution is 8.04. The second kappa shape index (κ2) is 15.4. The molecule has 1 aliphatic rings. The molecule has 1 saturated heterocycles. The van der Waals surface area contributed by atoms with Gasteiger partial charge in [-0.15, -0.1) is 11.8 Å². The van der Waals surface area contributed by atoms with Crippen LogP contribution in [0.3, 0.4) is 0 Å². The van der Waals surface area contributed by atoms with E-state index in [9.17, 15) is 33.5 Å². The lowest BCUT2D eigenvalue weighted by atomic mass is 9.95. The van der Waals surface area contributed by atoms with Crippen LogP contribution in [-0.2, 0) is 23.7 Å². The highest BCUT2D eigenvalue weighted by atomic mass is 32.2. The summed E-state index contributed by atoms with van der Waals surface area (Å²) in [7, 11) is -4.35. The van der Waals surface area contributed by atoms with Crippen molar-refractivity contribution in [3.63, 3.8) is 0 Å². The molecule has 230 valence electrons. The number of piperidine rings is 1. The Kier molecular flexibility index (Phi) is 12.2. The van der Waals surface area contributed by atoms with Gasteiger partial charge in [0.05, 0.1) is 18.0 Å². The third-order valence-electron chi connectivity index (χ3n) is 6.77. The summed E-state index contributed by atoms with van der Waals surface area (Å²) >= 11 is 0.819. The van der Waals surface area contributed by atoms with Gasteiger partial charge in [0.25, 0.3) is 0 Å². The molecule has 0 aliphatic carbocycles. The molecule has 3 rings (SSSR count). The first-order chi connectivity index (χ1) is 19.9. The van der Waals surface area contributed by atoms with Crippen LogP contribution in [-0.4, -0.2) is 81.5 Å². The predicted octanol–water partition coefficient (Wildman–Crippen LogP) is 2.53. The number of hydrogen-bond acceptors (Lipinski definition) is 7. The Morgan fingerprint density at radius 3 is 2.50 bits per heavy atom. The molecule has 3 unspecified atom stereocenters. The number of carbonyl (C=O) groups is 4. The van der Waals surface area contributed by atoms with Gasteiger partial charge in [0, 0.05) is 18.8 Å². The number of ether oxygens (including phenoxy) is 1. The van der Waals surface area contributed by atoms with Crippen LogP contribution in [0.5, 0.6) is 0 Å². The van der Waals surface area contributed by atoms with Crippen molar-refractivity contribution in [2.24, 2.45) is 11.7 Å². The van der Waals surface area contributed by atoms with Gasteiger partial charge in [-0.3, -0.25) is 18.9 Å². The maximum atomic E-state index is 13.6. The Morgan fingerprint density at radius 1 is 1.12 bits per heavy atom. The average Bonchev–Trinajstić information content (AvgIpc) is 2.94. The summed E-state index contributed by atoms with van der Waals surface area (Å²) in [5.41, 5.74) is 5.82. The summed E-state index contributed by atoms with van der Waals surface area (Å²) in [5.74, 6) is -2.48. The molecule has 2 aromatic carbocycles. The maximum Gasteiger partial charge on any atom is 0.407 e. The number of amides is 4. The van der Waals surface area contributed by atoms with Gasteiger partial charge in [-0.2, -0.15) is 0 Å². The second-order valence-electron chi connectivity index (χ2n) is 10.7. The summed E-state index contributed by atoms with van der Waals surface area (Å²) in [4.78, 5) is 71.6. The molecule has 0 aromatic heterocycles. The molecule has 0 saturated carbocycles. The third kappa shape index (κ3) is 10.0. The first-order valence-corrected chi connectivity index (χ1v) is 16.7. The van der Waals surface area contributed by atoms with Crippen molar-refractivity contribution in [3.8, 4) is 0 Å². The van der Waals surface area contributed by atoms with E-state index in [1.54, 1.807) is 6.07 Å². The lowest BCUT2D eigenvalue weighted by Gasteiger charge is -2.37. The van der Waals surface area contributed by atoms with Crippen LogP contribution in [0.2, 0.25) is 0 Å². The minimum Gasteiger partial charge on any atom is -0.449 e. The van der Waals surface area contributed by atoms with Crippen molar-refractivity contribution in [3.05, 3.63) is 48.0 Å². The van der Waals surface area contributed by atoms with Gasteiger partial charge in [-0.1, -0.05) is 56.3 Å². The van der Waals surface area contributed by atoms with Gasteiger partial charge in [0.2, 0.25) is 17.7 Å².